The van der Waals surface area contributed by atoms with Crippen LogP contribution < -0.4 is 4.74 Å². The Kier molecular flexibility index (Phi) is 5.65. The minimum absolute atomic E-state index is 0.0444. The van der Waals surface area contributed by atoms with Crippen LogP contribution in [0.1, 0.15) is 22.3 Å². The summed E-state index contributed by atoms with van der Waals surface area (Å²) in [5.41, 5.74) is 1.27. The highest BCUT2D eigenvalue weighted by molar-refractivity contribution is 5.93. The Morgan fingerprint density at radius 2 is 2.00 bits per heavy atom. The SMILES string of the molecule is O=C(c1ccoc1)N1CCCN(Cc2ccccc2OC(F)F)CC1. The van der Waals surface area contributed by atoms with Gasteiger partial charge in [0.1, 0.15) is 12.0 Å². The highest BCUT2D eigenvalue weighted by Gasteiger charge is 2.21. The molecule has 0 bridgehead atoms. The molecule has 1 amide bonds. The third kappa shape index (κ3) is 4.57. The molecule has 1 aromatic carbocycles. The van der Waals surface area contributed by atoms with Crippen molar-refractivity contribution in [1.29, 1.82) is 0 Å². The van der Waals surface area contributed by atoms with Gasteiger partial charge in [-0.15, -0.1) is 0 Å². The zero-order chi connectivity index (χ0) is 17.6. The van der Waals surface area contributed by atoms with E-state index in [2.05, 4.69) is 9.64 Å². The third-order valence-corrected chi connectivity index (χ3v) is 4.23. The molecule has 0 spiro atoms. The molecule has 1 saturated heterocycles. The van der Waals surface area contributed by atoms with Crippen molar-refractivity contribution in [1.82, 2.24) is 9.80 Å². The molecular formula is C18H20F2N2O3. The highest BCUT2D eigenvalue weighted by atomic mass is 19.3. The van der Waals surface area contributed by atoms with Crippen molar-refractivity contribution < 1.29 is 22.7 Å². The van der Waals surface area contributed by atoms with Crippen LogP contribution in [0.2, 0.25) is 0 Å². The normalized spacial score (nSPS) is 16.0. The number of nitrogens with zero attached hydrogens (tertiary/aromatic N) is 2. The topological polar surface area (TPSA) is 45.9 Å². The fraction of sp³-hybridized carbons (Fsp3) is 0.389. The molecule has 1 fully saturated rings. The Bertz CT molecular complexity index is 691. The molecule has 0 N–H and O–H groups in total. The number of carbonyl (C=O) groups is 1. The summed E-state index contributed by atoms with van der Waals surface area (Å²) >= 11 is 0. The number of hydrogen-bond donors (Lipinski definition) is 0. The van der Waals surface area contributed by atoms with E-state index in [9.17, 15) is 13.6 Å². The van der Waals surface area contributed by atoms with Gasteiger partial charge in [-0.25, -0.2) is 0 Å². The molecule has 2 heterocycles. The lowest BCUT2D eigenvalue weighted by Gasteiger charge is -2.22. The van der Waals surface area contributed by atoms with Gasteiger partial charge in [0.2, 0.25) is 0 Å². The average Bonchev–Trinajstić information content (AvgIpc) is 3.03. The van der Waals surface area contributed by atoms with Crippen molar-refractivity contribution >= 4 is 5.91 Å². The predicted molar refractivity (Wildman–Crippen MR) is 87.6 cm³/mol. The van der Waals surface area contributed by atoms with Crippen LogP contribution in [-0.4, -0.2) is 48.5 Å². The van der Waals surface area contributed by atoms with Crippen LogP contribution in [0.3, 0.4) is 0 Å². The van der Waals surface area contributed by atoms with Crippen LogP contribution in [-0.2, 0) is 6.54 Å². The van der Waals surface area contributed by atoms with Gasteiger partial charge >= 0.3 is 6.61 Å². The van der Waals surface area contributed by atoms with E-state index in [1.807, 2.05) is 0 Å². The number of hydrogen-bond acceptors (Lipinski definition) is 4. The van der Waals surface area contributed by atoms with Crippen molar-refractivity contribution in [2.75, 3.05) is 26.2 Å². The lowest BCUT2D eigenvalue weighted by Crippen LogP contribution is -2.34. The maximum Gasteiger partial charge on any atom is 0.387 e. The monoisotopic (exact) mass is 350 g/mol. The molecule has 0 unspecified atom stereocenters. The molecule has 5 nitrogen and oxygen atoms in total. The van der Waals surface area contributed by atoms with E-state index >= 15 is 0 Å². The fourth-order valence-corrected chi connectivity index (χ4v) is 2.99. The van der Waals surface area contributed by atoms with E-state index in [4.69, 9.17) is 4.42 Å². The van der Waals surface area contributed by atoms with Crippen LogP contribution >= 0.6 is 0 Å². The number of benzene rings is 1. The number of carbonyl (C=O) groups excluding carboxylic acids is 1. The quantitative estimate of drug-likeness (QED) is 0.831. The van der Waals surface area contributed by atoms with Crippen LogP contribution in [0.5, 0.6) is 5.75 Å². The molecule has 3 rings (SSSR count). The summed E-state index contributed by atoms with van der Waals surface area (Å²) in [4.78, 5) is 16.3. The van der Waals surface area contributed by atoms with Crippen molar-refractivity contribution in [3.05, 3.63) is 54.0 Å². The Morgan fingerprint density at radius 3 is 2.76 bits per heavy atom. The lowest BCUT2D eigenvalue weighted by molar-refractivity contribution is -0.0507. The Hall–Kier alpha value is -2.41. The minimum atomic E-state index is -2.84. The molecule has 134 valence electrons. The number of ether oxygens (including phenoxy) is 1. The average molecular weight is 350 g/mol. The Balaban J connectivity index is 1.61. The number of furan rings is 1. The molecule has 1 aliphatic heterocycles. The Morgan fingerprint density at radius 1 is 1.16 bits per heavy atom. The maximum atomic E-state index is 12.5. The highest BCUT2D eigenvalue weighted by Crippen LogP contribution is 2.22. The summed E-state index contributed by atoms with van der Waals surface area (Å²) in [7, 11) is 0. The van der Waals surface area contributed by atoms with Crippen LogP contribution in [0.4, 0.5) is 8.78 Å². The minimum Gasteiger partial charge on any atom is -0.472 e. The lowest BCUT2D eigenvalue weighted by atomic mass is 10.2. The first-order valence-electron chi connectivity index (χ1n) is 8.20. The zero-order valence-electron chi connectivity index (χ0n) is 13.7. The molecule has 1 aromatic heterocycles. The second-order valence-corrected chi connectivity index (χ2v) is 5.92. The van der Waals surface area contributed by atoms with Gasteiger partial charge in [-0.2, -0.15) is 8.78 Å². The van der Waals surface area contributed by atoms with Gasteiger partial charge in [0.15, 0.2) is 0 Å². The first kappa shape index (κ1) is 17.4. The van der Waals surface area contributed by atoms with Crippen molar-refractivity contribution in [2.45, 2.75) is 19.6 Å². The molecular weight excluding hydrogens is 330 g/mol. The first-order chi connectivity index (χ1) is 12.1. The van der Waals surface area contributed by atoms with E-state index in [1.54, 1.807) is 35.2 Å². The zero-order valence-corrected chi connectivity index (χ0v) is 13.7. The van der Waals surface area contributed by atoms with Gasteiger partial charge in [-0.05, 0) is 18.6 Å². The molecule has 25 heavy (non-hydrogen) atoms. The van der Waals surface area contributed by atoms with Gasteiger partial charge in [0.25, 0.3) is 5.91 Å². The second-order valence-electron chi connectivity index (χ2n) is 5.92. The largest absolute Gasteiger partial charge is 0.472 e. The van der Waals surface area contributed by atoms with E-state index in [0.717, 1.165) is 18.5 Å². The third-order valence-electron chi connectivity index (χ3n) is 4.23. The molecule has 0 saturated carbocycles. The molecule has 0 atom stereocenters. The standard InChI is InChI=1S/C18H20F2N2O3/c19-18(20)25-16-5-2-1-4-14(16)12-21-7-3-8-22(10-9-21)17(23)15-6-11-24-13-15/h1-2,4-6,11,13,18H,3,7-10,12H2. The summed E-state index contributed by atoms with van der Waals surface area (Å²) in [5.74, 6) is 0.158. The number of alkyl halides is 2. The smallest absolute Gasteiger partial charge is 0.387 e. The van der Waals surface area contributed by atoms with E-state index in [1.165, 1.54) is 12.5 Å². The summed E-state index contributed by atoms with van der Waals surface area (Å²) in [5, 5.41) is 0. The summed E-state index contributed by atoms with van der Waals surface area (Å²) < 4.78 is 34.6. The van der Waals surface area contributed by atoms with Gasteiger partial charge in [0, 0.05) is 38.3 Å². The van der Waals surface area contributed by atoms with E-state index in [0.29, 0.717) is 31.7 Å². The predicted octanol–water partition coefficient (Wildman–Crippen LogP) is 3.23. The van der Waals surface area contributed by atoms with Gasteiger partial charge in [0.05, 0.1) is 11.8 Å². The fourth-order valence-electron chi connectivity index (χ4n) is 2.99. The van der Waals surface area contributed by atoms with E-state index in [-0.39, 0.29) is 11.7 Å². The van der Waals surface area contributed by atoms with Crippen molar-refractivity contribution in [2.24, 2.45) is 0 Å². The number of halogens is 2. The van der Waals surface area contributed by atoms with Crippen LogP contribution in [0, 0.1) is 0 Å². The molecule has 1 aliphatic rings. The summed E-state index contributed by atoms with van der Waals surface area (Å²) in [6, 6.07) is 8.48. The first-order valence-corrected chi connectivity index (χ1v) is 8.20. The molecule has 7 heteroatoms. The number of para-hydroxylation sites is 1. The molecule has 0 aliphatic carbocycles. The molecule has 0 radical (unpaired) electrons. The van der Waals surface area contributed by atoms with Crippen molar-refractivity contribution in [3.63, 3.8) is 0 Å². The second kappa shape index (κ2) is 8.11. The summed E-state index contributed by atoms with van der Waals surface area (Å²) in [6.07, 6.45) is 3.75. The molecule has 2 aromatic rings. The van der Waals surface area contributed by atoms with Crippen LogP contribution in [0.25, 0.3) is 0 Å². The van der Waals surface area contributed by atoms with Gasteiger partial charge in [-0.3, -0.25) is 9.69 Å². The maximum absolute atomic E-state index is 12.5. The van der Waals surface area contributed by atoms with E-state index < -0.39 is 6.61 Å². The van der Waals surface area contributed by atoms with Crippen LogP contribution in [0.15, 0.2) is 47.3 Å². The number of amides is 1. The Labute approximate surface area is 144 Å². The van der Waals surface area contributed by atoms with Gasteiger partial charge < -0.3 is 14.1 Å². The van der Waals surface area contributed by atoms with Gasteiger partial charge in [-0.1, -0.05) is 18.2 Å². The number of rotatable bonds is 5. The summed E-state index contributed by atoms with van der Waals surface area (Å²) in [6.45, 7) is 0.382. The van der Waals surface area contributed by atoms with Crippen molar-refractivity contribution in [3.8, 4) is 5.75 Å².